The Labute approximate surface area is 187 Å². The van der Waals surface area contributed by atoms with Gasteiger partial charge in [0, 0.05) is 38.3 Å². The van der Waals surface area contributed by atoms with Gasteiger partial charge in [-0.1, -0.05) is 42.5 Å². The number of hydrogen-bond acceptors (Lipinski definition) is 7. The molecule has 4 rings (SSSR count). The molecule has 0 fully saturated rings. The van der Waals surface area contributed by atoms with Gasteiger partial charge >= 0.3 is 5.69 Å². The number of hydrazone groups is 1. The zero-order chi connectivity index (χ0) is 23.5. The summed E-state index contributed by atoms with van der Waals surface area (Å²) in [6, 6.07) is 15.8. The standard InChI is InChI=1S/C22H21N7O4/c1-26-19-18(20(30)27(2)22(26)31)28(12-11-15-7-4-3-5-8-15)21(24-19)25-23-14-16-9-6-10-17(13-16)29(32)33/h3-10,13-14H,11-12H2,1-2H3,(H,24,25)/b23-14+. The number of rotatable bonds is 7. The topological polar surface area (TPSA) is 129 Å². The molecule has 2 heterocycles. The van der Waals surface area contributed by atoms with Crippen molar-refractivity contribution < 1.29 is 4.92 Å². The predicted octanol–water partition coefficient (Wildman–Crippen LogP) is 2.03. The average molecular weight is 447 g/mol. The number of nitro benzene ring substituents is 1. The van der Waals surface area contributed by atoms with Crippen molar-refractivity contribution in [3.63, 3.8) is 0 Å². The highest BCUT2D eigenvalue weighted by Gasteiger charge is 2.19. The van der Waals surface area contributed by atoms with E-state index in [0.29, 0.717) is 18.5 Å². The number of hydrogen-bond donors (Lipinski definition) is 1. The second kappa shape index (κ2) is 8.91. The molecule has 0 amide bonds. The predicted molar refractivity (Wildman–Crippen MR) is 125 cm³/mol. The van der Waals surface area contributed by atoms with Gasteiger partial charge in [-0.25, -0.2) is 10.2 Å². The molecule has 1 N–H and O–H groups in total. The normalized spacial score (nSPS) is 11.3. The molecule has 0 unspecified atom stereocenters. The van der Waals surface area contributed by atoms with Crippen LogP contribution in [0.2, 0.25) is 0 Å². The van der Waals surface area contributed by atoms with Crippen molar-refractivity contribution in [1.82, 2.24) is 18.7 Å². The van der Waals surface area contributed by atoms with Crippen molar-refractivity contribution in [3.8, 4) is 0 Å². The van der Waals surface area contributed by atoms with Crippen LogP contribution in [0.4, 0.5) is 11.6 Å². The highest BCUT2D eigenvalue weighted by atomic mass is 16.6. The van der Waals surface area contributed by atoms with Crippen LogP contribution in [0.5, 0.6) is 0 Å². The second-order valence-corrected chi connectivity index (χ2v) is 7.42. The van der Waals surface area contributed by atoms with E-state index in [0.717, 1.165) is 10.1 Å². The molecule has 2 aromatic carbocycles. The monoisotopic (exact) mass is 447 g/mol. The van der Waals surface area contributed by atoms with Gasteiger partial charge < -0.3 is 4.57 Å². The summed E-state index contributed by atoms with van der Waals surface area (Å²) in [6.07, 6.45) is 2.05. The SMILES string of the molecule is Cn1c(=O)c2c(nc(N/N=C/c3cccc([N+](=O)[O-])c3)n2CCc2ccccc2)n(C)c1=O. The third kappa shape index (κ3) is 4.28. The van der Waals surface area contributed by atoms with E-state index in [2.05, 4.69) is 15.5 Å². The molecular weight excluding hydrogens is 426 g/mol. The van der Waals surface area contributed by atoms with Gasteiger partial charge in [-0.2, -0.15) is 10.1 Å². The van der Waals surface area contributed by atoms with Crippen LogP contribution in [0.25, 0.3) is 11.2 Å². The van der Waals surface area contributed by atoms with Crippen molar-refractivity contribution in [3.05, 3.63) is 96.7 Å². The fraction of sp³-hybridized carbons (Fsp3) is 0.182. The lowest BCUT2D eigenvalue weighted by molar-refractivity contribution is -0.384. The fourth-order valence-corrected chi connectivity index (χ4v) is 3.52. The molecule has 168 valence electrons. The van der Waals surface area contributed by atoms with Crippen LogP contribution in [0.3, 0.4) is 0 Å². The Morgan fingerprint density at radius 1 is 1.09 bits per heavy atom. The Morgan fingerprint density at radius 3 is 2.58 bits per heavy atom. The first-order valence-corrected chi connectivity index (χ1v) is 10.1. The third-order valence-electron chi connectivity index (χ3n) is 5.27. The van der Waals surface area contributed by atoms with E-state index < -0.39 is 16.2 Å². The summed E-state index contributed by atoms with van der Waals surface area (Å²) >= 11 is 0. The zero-order valence-electron chi connectivity index (χ0n) is 18.0. The Morgan fingerprint density at radius 2 is 1.85 bits per heavy atom. The largest absolute Gasteiger partial charge is 0.332 e. The van der Waals surface area contributed by atoms with Crippen molar-refractivity contribution >= 4 is 29.0 Å². The third-order valence-corrected chi connectivity index (χ3v) is 5.27. The number of non-ortho nitro benzene ring substituents is 1. The summed E-state index contributed by atoms with van der Waals surface area (Å²) in [5.41, 5.74) is 3.95. The Kier molecular flexibility index (Phi) is 5.85. The summed E-state index contributed by atoms with van der Waals surface area (Å²) in [4.78, 5) is 40.2. The van der Waals surface area contributed by atoms with Gasteiger partial charge in [0.15, 0.2) is 11.2 Å². The first kappa shape index (κ1) is 21.7. The molecule has 33 heavy (non-hydrogen) atoms. The van der Waals surface area contributed by atoms with Gasteiger partial charge in [-0.15, -0.1) is 0 Å². The Bertz CT molecular complexity index is 1480. The van der Waals surface area contributed by atoms with E-state index in [-0.39, 0.29) is 22.8 Å². The molecule has 11 nitrogen and oxygen atoms in total. The second-order valence-electron chi connectivity index (χ2n) is 7.42. The first-order valence-electron chi connectivity index (χ1n) is 10.1. The summed E-state index contributed by atoms with van der Waals surface area (Å²) in [5.74, 6) is 0.279. The number of nitrogens with zero attached hydrogens (tertiary/aromatic N) is 6. The minimum absolute atomic E-state index is 0.0486. The highest BCUT2D eigenvalue weighted by Crippen LogP contribution is 2.17. The molecule has 0 spiro atoms. The number of nitrogens with one attached hydrogen (secondary N) is 1. The fourth-order valence-electron chi connectivity index (χ4n) is 3.52. The summed E-state index contributed by atoms with van der Waals surface area (Å²) in [5, 5.41) is 15.1. The van der Waals surface area contributed by atoms with Crippen molar-refractivity contribution in [2.75, 3.05) is 5.43 Å². The number of aryl methyl sites for hydroxylation is 3. The van der Waals surface area contributed by atoms with E-state index in [9.17, 15) is 19.7 Å². The van der Waals surface area contributed by atoms with Crippen LogP contribution in [-0.2, 0) is 27.1 Å². The number of benzene rings is 2. The maximum atomic E-state index is 12.9. The molecule has 0 saturated heterocycles. The summed E-state index contributed by atoms with van der Waals surface area (Å²) in [7, 11) is 2.97. The van der Waals surface area contributed by atoms with Crippen LogP contribution < -0.4 is 16.7 Å². The number of fused-ring (bicyclic) bond motifs is 1. The Hall–Kier alpha value is -4.54. The highest BCUT2D eigenvalue weighted by molar-refractivity contribution is 5.81. The molecule has 0 saturated carbocycles. The van der Waals surface area contributed by atoms with Crippen molar-refractivity contribution in [2.24, 2.45) is 19.2 Å². The Balaban J connectivity index is 1.73. The van der Waals surface area contributed by atoms with Crippen LogP contribution >= 0.6 is 0 Å². The van der Waals surface area contributed by atoms with Gasteiger partial charge in [0.1, 0.15) is 0 Å². The smallest absolute Gasteiger partial charge is 0.303 e. The maximum Gasteiger partial charge on any atom is 0.332 e. The molecule has 2 aromatic heterocycles. The van der Waals surface area contributed by atoms with E-state index in [1.165, 1.54) is 30.0 Å². The summed E-state index contributed by atoms with van der Waals surface area (Å²) < 4.78 is 4.04. The lowest BCUT2D eigenvalue weighted by atomic mass is 10.1. The van der Waals surface area contributed by atoms with Crippen LogP contribution in [-0.4, -0.2) is 29.8 Å². The molecule has 0 aliphatic heterocycles. The number of nitro groups is 1. The molecule has 0 aliphatic rings. The van der Waals surface area contributed by atoms with Crippen molar-refractivity contribution in [1.29, 1.82) is 0 Å². The quantitative estimate of drug-likeness (QED) is 0.262. The minimum atomic E-state index is -0.482. The van der Waals surface area contributed by atoms with E-state index in [4.69, 9.17) is 0 Å². The molecule has 0 aliphatic carbocycles. The van der Waals surface area contributed by atoms with Crippen molar-refractivity contribution in [2.45, 2.75) is 13.0 Å². The molecule has 4 aromatic rings. The molecular formula is C22H21N7O4. The van der Waals surface area contributed by atoms with Crippen LogP contribution in [0, 0.1) is 10.1 Å². The van der Waals surface area contributed by atoms with E-state index in [1.807, 2.05) is 30.3 Å². The minimum Gasteiger partial charge on any atom is -0.303 e. The number of aromatic nitrogens is 4. The molecule has 0 radical (unpaired) electrons. The van der Waals surface area contributed by atoms with E-state index in [1.54, 1.807) is 23.7 Å². The first-order chi connectivity index (χ1) is 15.9. The lowest BCUT2D eigenvalue weighted by Crippen LogP contribution is -2.37. The maximum absolute atomic E-state index is 12.9. The lowest BCUT2D eigenvalue weighted by Gasteiger charge is -2.09. The average Bonchev–Trinajstić information content (AvgIpc) is 3.19. The van der Waals surface area contributed by atoms with E-state index >= 15 is 0 Å². The van der Waals surface area contributed by atoms with Gasteiger partial charge in [0.2, 0.25) is 5.95 Å². The number of anilines is 1. The zero-order valence-corrected chi connectivity index (χ0v) is 18.0. The summed E-state index contributed by atoms with van der Waals surface area (Å²) in [6.45, 7) is 0.419. The molecule has 11 heteroatoms. The van der Waals surface area contributed by atoms with Gasteiger partial charge in [-0.3, -0.25) is 24.0 Å². The van der Waals surface area contributed by atoms with Gasteiger partial charge in [-0.05, 0) is 12.0 Å². The molecule has 0 bridgehead atoms. The van der Waals surface area contributed by atoms with Crippen LogP contribution in [0.15, 0.2) is 69.3 Å². The van der Waals surface area contributed by atoms with Gasteiger partial charge in [0.05, 0.1) is 11.1 Å². The van der Waals surface area contributed by atoms with Gasteiger partial charge in [0.25, 0.3) is 11.2 Å². The number of imidazole rings is 1. The van der Waals surface area contributed by atoms with Crippen LogP contribution in [0.1, 0.15) is 11.1 Å². The molecule has 0 atom stereocenters.